The van der Waals surface area contributed by atoms with Gasteiger partial charge in [0.05, 0.1) is 12.7 Å². The van der Waals surface area contributed by atoms with Crippen LogP contribution in [0.4, 0.5) is 0 Å². The Balaban J connectivity index is 1.64. The first-order valence-corrected chi connectivity index (χ1v) is 6.82. The number of hydrogen-bond acceptors (Lipinski definition) is 6. The van der Waals surface area contributed by atoms with Gasteiger partial charge in [0.15, 0.2) is 0 Å². The van der Waals surface area contributed by atoms with Crippen LogP contribution in [0.3, 0.4) is 0 Å². The first-order chi connectivity index (χ1) is 10.3. The van der Waals surface area contributed by atoms with E-state index in [1.165, 1.54) is 0 Å². The molecule has 2 aromatic heterocycles. The molecule has 3 rings (SSSR count). The summed E-state index contributed by atoms with van der Waals surface area (Å²) in [5.41, 5.74) is 0. The van der Waals surface area contributed by atoms with Crippen molar-refractivity contribution in [3.63, 3.8) is 0 Å². The minimum absolute atomic E-state index is 0.0805. The molecular weight excluding hydrogens is 270 g/mol. The highest BCUT2D eigenvalue weighted by Gasteiger charge is 2.27. The first kappa shape index (κ1) is 13.4. The number of aromatic nitrogens is 4. The van der Waals surface area contributed by atoms with Gasteiger partial charge in [-0.3, -0.25) is 9.78 Å². The van der Waals surface area contributed by atoms with Crippen LogP contribution >= 0.6 is 0 Å². The zero-order valence-corrected chi connectivity index (χ0v) is 11.4. The van der Waals surface area contributed by atoms with Crippen molar-refractivity contribution >= 4 is 5.91 Å². The number of nitrogens with zero attached hydrogens (tertiary/aromatic N) is 5. The van der Waals surface area contributed by atoms with Crippen molar-refractivity contribution in [2.75, 3.05) is 13.1 Å². The highest BCUT2D eigenvalue weighted by molar-refractivity contribution is 5.90. The number of carbonyl (C=O) groups is 1. The van der Waals surface area contributed by atoms with Gasteiger partial charge in [-0.2, -0.15) is 0 Å². The van der Waals surface area contributed by atoms with Crippen LogP contribution in [0.5, 0.6) is 5.88 Å². The molecule has 108 valence electrons. The minimum atomic E-state index is -0.164. The topological polar surface area (TPSA) is 81.1 Å². The molecule has 0 spiro atoms. The third-order valence-corrected chi connectivity index (χ3v) is 3.25. The van der Waals surface area contributed by atoms with E-state index in [4.69, 9.17) is 4.74 Å². The quantitative estimate of drug-likeness (QED) is 0.835. The maximum Gasteiger partial charge on any atom is 0.291 e. The minimum Gasteiger partial charge on any atom is -0.471 e. The predicted molar refractivity (Wildman–Crippen MR) is 73.6 cm³/mol. The molecule has 1 atom stereocenters. The van der Waals surface area contributed by atoms with E-state index in [1.54, 1.807) is 42.0 Å². The Morgan fingerprint density at radius 3 is 2.81 bits per heavy atom. The number of carbonyl (C=O) groups excluding carboxylic acids is 1. The van der Waals surface area contributed by atoms with Crippen LogP contribution in [0.15, 0.2) is 37.1 Å². The summed E-state index contributed by atoms with van der Waals surface area (Å²) in [4.78, 5) is 30.1. The summed E-state index contributed by atoms with van der Waals surface area (Å²) in [6.45, 7) is 1.20. The summed E-state index contributed by atoms with van der Waals surface area (Å²) in [6, 6.07) is 1.69. The van der Waals surface area contributed by atoms with Crippen LogP contribution in [0.2, 0.25) is 0 Å². The highest BCUT2D eigenvalue weighted by atomic mass is 16.5. The first-order valence-electron chi connectivity index (χ1n) is 6.82. The van der Waals surface area contributed by atoms with E-state index < -0.39 is 0 Å². The average molecular weight is 285 g/mol. The van der Waals surface area contributed by atoms with Crippen molar-refractivity contribution in [2.24, 2.45) is 0 Å². The number of amides is 1. The summed E-state index contributed by atoms with van der Waals surface area (Å²) in [6.07, 6.45) is 9.56. The van der Waals surface area contributed by atoms with E-state index >= 15 is 0 Å². The Labute approximate surface area is 122 Å². The Bertz CT molecular complexity index is 593. The van der Waals surface area contributed by atoms with Crippen LogP contribution in [0, 0.1) is 0 Å². The molecule has 2 aromatic rings. The maximum absolute atomic E-state index is 12.3. The van der Waals surface area contributed by atoms with Gasteiger partial charge < -0.3 is 9.64 Å². The lowest BCUT2D eigenvalue weighted by Crippen LogP contribution is -2.45. The van der Waals surface area contributed by atoms with Crippen LogP contribution < -0.4 is 4.74 Å². The zero-order valence-electron chi connectivity index (χ0n) is 11.4. The summed E-state index contributed by atoms with van der Waals surface area (Å²) in [5.74, 6) is 0.536. The van der Waals surface area contributed by atoms with Crippen LogP contribution in [-0.4, -0.2) is 49.9 Å². The van der Waals surface area contributed by atoms with Gasteiger partial charge >= 0.3 is 0 Å². The second-order valence-corrected chi connectivity index (χ2v) is 4.75. The molecule has 21 heavy (non-hydrogen) atoms. The summed E-state index contributed by atoms with van der Waals surface area (Å²) in [7, 11) is 0. The molecule has 7 heteroatoms. The lowest BCUT2D eigenvalue weighted by molar-refractivity contribution is 0.0516. The lowest BCUT2D eigenvalue weighted by Gasteiger charge is -2.32. The second kappa shape index (κ2) is 6.25. The standard InChI is InChI=1S/C14H15N5O2/c20-14(13-17-4-2-5-18-13)19-8-1-3-11(10-19)21-12-9-15-6-7-16-12/h2,4-7,9,11H,1,3,8,10H2. The second-order valence-electron chi connectivity index (χ2n) is 4.75. The Kier molecular flexibility index (Phi) is 3.99. The Hall–Kier alpha value is -2.57. The van der Waals surface area contributed by atoms with E-state index in [2.05, 4.69) is 19.9 Å². The molecule has 0 bridgehead atoms. The van der Waals surface area contributed by atoms with Gasteiger partial charge in [-0.05, 0) is 18.9 Å². The highest BCUT2D eigenvalue weighted by Crippen LogP contribution is 2.16. The van der Waals surface area contributed by atoms with E-state index in [-0.39, 0.29) is 17.8 Å². The van der Waals surface area contributed by atoms with E-state index in [9.17, 15) is 4.79 Å². The fourth-order valence-corrected chi connectivity index (χ4v) is 2.29. The summed E-state index contributed by atoms with van der Waals surface area (Å²) < 4.78 is 5.76. The molecular formula is C14H15N5O2. The van der Waals surface area contributed by atoms with E-state index in [0.717, 1.165) is 12.8 Å². The number of likely N-dealkylation sites (tertiary alicyclic amines) is 1. The Morgan fingerprint density at radius 1 is 1.19 bits per heavy atom. The molecule has 0 aromatic carbocycles. The van der Waals surface area contributed by atoms with E-state index in [0.29, 0.717) is 19.0 Å². The molecule has 0 aliphatic carbocycles. The van der Waals surface area contributed by atoms with Gasteiger partial charge in [0.2, 0.25) is 11.7 Å². The smallest absolute Gasteiger partial charge is 0.291 e. The van der Waals surface area contributed by atoms with Crippen LogP contribution in [0.1, 0.15) is 23.5 Å². The molecule has 3 heterocycles. The number of ether oxygens (including phenoxy) is 1. The third-order valence-electron chi connectivity index (χ3n) is 3.25. The molecule has 1 fully saturated rings. The molecule has 1 saturated heterocycles. The fraction of sp³-hybridized carbons (Fsp3) is 0.357. The SMILES string of the molecule is O=C(c1ncccn1)N1CCCC(Oc2cnccn2)C1. The summed E-state index contributed by atoms with van der Waals surface area (Å²) in [5, 5.41) is 0. The van der Waals surface area contributed by atoms with Crippen molar-refractivity contribution < 1.29 is 9.53 Å². The average Bonchev–Trinajstić information content (AvgIpc) is 2.56. The van der Waals surface area contributed by atoms with Gasteiger partial charge in [-0.15, -0.1) is 0 Å². The van der Waals surface area contributed by atoms with Crippen LogP contribution in [-0.2, 0) is 0 Å². The van der Waals surface area contributed by atoms with Crippen molar-refractivity contribution in [3.8, 4) is 5.88 Å². The number of rotatable bonds is 3. The van der Waals surface area contributed by atoms with E-state index in [1.807, 2.05) is 0 Å². The van der Waals surface area contributed by atoms with Gasteiger partial charge in [-0.25, -0.2) is 15.0 Å². The van der Waals surface area contributed by atoms with Crippen molar-refractivity contribution in [3.05, 3.63) is 42.9 Å². The van der Waals surface area contributed by atoms with Crippen LogP contribution in [0.25, 0.3) is 0 Å². The van der Waals surface area contributed by atoms with Gasteiger partial charge in [0, 0.05) is 31.3 Å². The molecule has 7 nitrogen and oxygen atoms in total. The predicted octanol–water partition coefficient (Wildman–Crippen LogP) is 0.950. The Morgan fingerprint density at radius 2 is 2.05 bits per heavy atom. The lowest BCUT2D eigenvalue weighted by atomic mass is 10.1. The number of hydrogen-bond donors (Lipinski definition) is 0. The maximum atomic E-state index is 12.3. The molecule has 1 aliphatic heterocycles. The molecule has 0 saturated carbocycles. The molecule has 1 amide bonds. The number of piperidine rings is 1. The molecule has 0 radical (unpaired) electrons. The van der Waals surface area contributed by atoms with Gasteiger partial charge in [0.1, 0.15) is 6.10 Å². The largest absolute Gasteiger partial charge is 0.471 e. The van der Waals surface area contributed by atoms with Crippen molar-refractivity contribution in [1.29, 1.82) is 0 Å². The third kappa shape index (κ3) is 3.31. The molecule has 1 aliphatic rings. The monoisotopic (exact) mass is 285 g/mol. The summed E-state index contributed by atoms with van der Waals surface area (Å²) >= 11 is 0. The molecule has 1 unspecified atom stereocenters. The van der Waals surface area contributed by atoms with Gasteiger partial charge in [-0.1, -0.05) is 0 Å². The van der Waals surface area contributed by atoms with Gasteiger partial charge in [0.25, 0.3) is 5.91 Å². The zero-order chi connectivity index (χ0) is 14.5. The normalized spacial score (nSPS) is 18.3. The molecule has 0 N–H and O–H groups in total. The fourth-order valence-electron chi connectivity index (χ4n) is 2.29. The van der Waals surface area contributed by atoms with Crippen molar-refractivity contribution in [1.82, 2.24) is 24.8 Å². The van der Waals surface area contributed by atoms with Crippen molar-refractivity contribution in [2.45, 2.75) is 18.9 Å².